The van der Waals surface area contributed by atoms with Gasteiger partial charge in [0.2, 0.25) is 5.91 Å². The van der Waals surface area contributed by atoms with Gasteiger partial charge in [0, 0.05) is 23.0 Å². The van der Waals surface area contributed by atoms with Crippen molar-refractivity contribution in [3.63, 3.8) is 0 Å². The van der Waals surface area contributed by atoms with Gasteiger partial charge in [-0.05, 0) is 42.0 Å². The molecule has 0 fully saturated rings. The number of carbonyl (C=O) groups is 1. The molecule has 4 rings (SSSR count). The van der Waals surface area contributed by atoms with Gasteiger partial charge in [-0.25, -0.2) is 9.37 Å². The van der Waals surface area contributed by atoms with E-state index in [0.29, 0.717) is 17.3 Å². The Morgan fingerprint density at radius 2 is 2.00 bits per heavy atom. The summed E-state index contributed by atoms with van der Waals surface area (Å²) in [5.41, 5.74) is 2.46. The summed E-state index contributed by atoms with van der Waals surface area (Å²) in [7, 11) is 0. The fourth-order valence-electron chi connectivity index (χ4n) is 3.00. The van der Waals surface area contributed by atoms with Crippen molar-refractivity contribution < 1.29 is 9.18 Å². The molecule has 1 atom stereocenters. The van der Waals surface area contributed by atoms with Gasteiger partial charge >= 0.3 is 0 Å². The van der Waals surface area contributed by atoms with Crippen LogP contribution in [0.3, 0.4) is 0 Å². The third kappa shape index (κ3) is 2.57. The van der Waals surface area contributed by atoms with Crippen LogP contribution in [0.2, 0.25) is 5.02 Å². The highest BCUT2D eigenvalue weighted by atomic mass is 35.5. The van der Waals surface area contributed by atoms with Crippen molar-refractivity contribution in [3.05, 3.63) is 77.0 Å². The van der Waals surface area contributed by atoms with Crippen LogP contribution in [0.5, 0.6) is 0 Å². The van der Waals surface area contributed by atoms with Gasteiger partial charge in [0.1, 0.15) is 18.0 Å². The summed E-state index contributed by atoms with van der Waals surface area (Å²) in [5.74, 6) is 0.0573. The summed E-state index contributed by atoms with van der Waals surface area (Å²) in [6, 6.07) is 13.5. The first-order valence-corrected chi connectivity index (χ1v) is 7.88. The van der Waals surface area contributed by atoms with Gasteiger partial charge in [-0.15, -0.1) is 0 Å². The molecule has 1 aliphatic heterocycles. The van der Waals surface area contributed by atoms with E-state index in [-0.39, 0.29) is 17.6 Å². The van der Waals surface area contributed by atoms with Crippen LogP contribution in [0.25, 0.3) is 5.69 Å². The number of anilines is 1. The highest BCUT2D eigenvalue weighted by molar-refractivity contribution is 6.30. The number of carbonyl (C=O) groups excluding carboxylic acids is 1. The van der Waals surface area contributed by atoms with E-state index in [0.717, 1.165) is 16.9 Å². The fraction of sp³-hybridized carbons (Fsp3) is 0.111. The zero-order valence-electron chi connectivity index (χ0n) is 12.5. The molecule has 1 N–H and O–H groups in total. The number of nitrogens with zero attached hydrogens (tertiary/aromatic N) is 2. The largest absolute Gasteiger partial charge is 0.310 e. The summed E-state index contributed by atoms with van der Waals surface area (Å²) in [4.78, 5) is 16.7. The third-order valence-electron chi connectivity index (χ3n) is 4.13. The van der Waals surface area contributed by atoms with Gasteiger partial charge in [0.15, 0.2) is 0 Å². The van der Waals surface area contributed by atoms with Crippen LogP contribution >= 0.6 is 11.6 Å². The Kier molecular flexibility index (Phi) is 3.58. The third-order valence-corrected chi connectivity index (χ3v) is 4.36. The molecule has 0 unspecified atom stereocenters. The number of imidazole rings is 1. The maximum atomic E-state index is 13.1. The normalized spacial score (nSPS) is 16.6. The number of nitrogens with one attached hydrogen (secondary N) is 1. The Hall–Kier alpha value is -2.66. The summed E-state index contributed by atoms with van der Waals surface area (Å²) >= 11 is 6.08. The molecule has 0 spiro atoms. The SMILES string of the molecule is O=C1C[C@@H](c2cccc(Cl)c2)c2ncn(-c3ccc(F)cc3)c2N1. The predicted octanol–water partition coefficient (Wildman–Crippen LogP) is 4.14. The molecule has 4 nitrogen and oxygen atoms in total. The lowest BCUT2D eigenvalue weighted by atomic mass is 9.90. The molecule has 0 saturated heterocycles. The number of hydrogen-bond donors (Lipinski definition) is 1. The van der Waals surface area contributed by atoms with Crippen molar-refractivity contribution in [2.24, 2.45) is 0 Å². The average Bonchev–Trinajstić information content (AvgIpc) is 2.98. The van der Waals surface area contributed by atoms with Gasteiger partial charge < -0.3 is 5.32 Å². The van der Waals surface area contributed by atoms with Crippen molar-refractivity contribution in [2.75, 3.05) is 5.32 Å². The van der Waals surface area contributed by atoms with Gasteiger partial charge in [-0.1, -0.05) is 23.7 Å². The van der Waals surface area contributed by atoms with Crippen LogP contribution in [0.1, 0.15) is 23.6 Å². The maximum absolute atomic E-state index is 13.1. The highest BCUT2D eigenvalue weighted by Gasteiger charge is 2.31. The molecule has 0 bridgehead atoms. The molecule has 2 heterocycles. The molecule has 0 aliphatic carbocycles. The summed E-state index contributed by atoms with van der Waals surface area (Å²) in [5, 5.41) is 3.49. The highest BCUT2D eigenvalue weighted by Crippen LogP contribution is 2.37. The molecular formula is C18H13ClFN3O. The van der Waals surface area contributed by atoms with Crippen molar-refractivity contribution in [2.45, 2.75) is 12.3 Å². The van der Waals surface area contributed by atoms with Crippen LogP contribution in [0.15, 0.2) is 54.9 Å². The Morgan fingerprint density at radius 1 is 1.21 bits per heavy atom. The molecule has 3 aromatic rings. The molecule has 1 aliphatic rings. The van der Waals surface area contributed by atoms with Crippen LogP contribution < -0.4 is 5.32 Å². The minimum atomic E-state index is -0.312. The monoisotopic (exact) mass is 341 g/mol. The van der Waals surface area contributed by atoms with Gasteiger partial charge in [0.05, 0.1) is 5.69 Å². The van der Waals surface area contributed by atoms with Gasteiger partial charge in [-0.2, -0.15) is 0 Å². The quantitative estimate of drug-likeness (QED) is 0.761. The van der Waals surface area contributed by atoms with Crippen molar-refractivity contribution >= 4 is 23.3 Å². The van der Waals surface area contributed by atoms with Crippen molar-refractivity contribution in [1.82, 2.24) is 9.55 Å². The lowest BCUT2D eigenvalue weighted by Crippen LogP contribution is -2.24. The van der Waals surface area contributed by atoms with E-state index >= 15 is 0 Å². The molecule has 1 amide bonds. The predicted molar refractivity (Wildman–Crippen MR) is 90.1 cm³/mol. The molecule has 1 aromatic heterocycles. The van der Waals surface area contributed by atoms with E-state index < -0.39 is 0 Å². The number of benzene rings is 2. The lowest BCUT2D eigenvalue weighted by molar-refractivity contribution is -0.116. The average molecular weight is 342 g/mol. The van der Waals surface area contributed by atoms with E-state index in [9.17, 15) is 9.18 Å². The fourth-order valence-corrected chi connectivity index (χ4v) is 3.20. The second kappa shape index (κ2) is 5.76. The van der Waals surface area contributed by atoms with E-state index in [1.54, 1.807) is 29.1 Å². The van der Waals surface area contributed by atoms with Gasteiger partial charge in [0.25, 0.3) is 0 Å². The Morgan fingerprint density at radius 3 is 2.75 bits per heavy atom. The van der Waals surface area contributed by atoms with Crippen LogP contribution in [0, 0.1) is 5.82 Å². The zero-order chi connectivity index (χ0) is 16.7. The Bertz CT molecular complexity index is 920. The number of halogens is 2. The van der Waals surface area contributed by atoms with E-state index in [2.05, 4.69) is 10.3 Å². The van der Waals surface area contributed by atoms with E-state index in [1.807, 2.05) is 18.2 Å². The van der Waals surface area contributed by atoms with Crippen LogP contribution in [-0.4, -0.2) is 15.5 Å². The second-order valence-corrected chi connectivity index (χ2v) is 6.12. The first-order valence-electron chi connectivity index (χ1n) is 7.50. The molecule has 2 aromatic carbocycles. The second-order valence-electron chi connectivity index (χ2n) is 5.68. The van der Waals surface area contributed by atoms with Crippen LogP contribution in [-0.2, 0) is 4.79 Å². The number of aromatic nitrogens is 2. The Balaban J connectivity index is 1.81. The zero-order valence-corrected chi connectivity index (χ0v) is 13.3. The maximum Gasteiger partial charge on any atom is 0.226 e. The molecule has 24 heavy (non-hydrogen) atoms. The standard InChI is InChI=1S/C18H13ClFN3O/c19-12-3-1-2-11(8-12)15-9-16(24)22-18-17(15)21-10-23(18)14-6-4-13(20)5-7-14/h1-8,10,15H,9H2,(H,22,24)/t15-/m0/s1. The minimum Gasteiger partial charge on any atom is -0.310 e. The smallest absolute Gasteiger partial charge is 0.226 e. The lowest BCUT2D eigenvalue weighted by Gasteiger charge is -2.23. The first-order chi connectivity index (χ1) is 11.6. The molecule has 120 valence electrons. The topological polar surface area (TPSA) is 46.9 Å². The number of hydrogen-bond acceptors (Lipinski definition) is 2. The van der Waals surface area contributed by atoms with Crippen molar-refractivity contribution in [1.29, 1.82) is 0 Å². The number of rotatable bonds is 2. The summed E-state index contributed by atoms with van der Waals surface area (Å²) in [6.07, 6.45) is 1.95. The number of fused-ring (bicyclic) bond motifs is 1. The van der Waals surface area contributed by atoms with Crippen LogP contribution in [0.4, 0.5) is 10.2 Å². The van der Waals surface area contributed by atoms with Crippen molar-refractivity contribution in [3.8, 4) is 5.69 Å². The van der Waals surface area contributed by atoms with Gasteiger partial charge in [-0.3, -0.25) is 9.36 Å². The summed E-state index contributed by atoms with van der Waals surface area (Å²) in [6.45, 7) is 0. The first kappa shape index (κ1) is 14.9. The van der Waals surface area contributed by atoms with E-state index in [4.69, 9.17) is 11.6 Å². The summed E-state index contributed by atoms with van der Waals surface area (Å²) < 4.78 is 14.9. The molecule has 0 saturated carbocycles. The minimum absolute atomic E-state index is 0.0867. The number of amides is 1. The molecule has 0 radical (unpaired) electrons. The van der Waals surface area contributed by atoms with E-state index in [1.165, 1.54) is 12.1 Å². The molecular weight excluding hydrogens is 329 g/mol. The molecule has 6 heteroatoms. The Labute approximate surface area is 142 Å².